The molecule has 0 atom stereocenters. The summed E-state index contributed by atoms with van der Waals surface area (Å²) in [6, 6.07) is 15.0. The number of aromatic nitrogens is 2. The zero-order valence-electron chi connectivity index (χ0n) is 20.0. The lowest BCUT2D eigenvalue weighted by Crippen LogP contribution is -2.19. The number of ether oxygens (including phenoxy) is 3. The van der Waals surface area contributed by atoms with E-state index in [1.54, 1.807) is 18.3 Å². The van der Waals surface area contributed by atoms with Gasteiger partial charge in [0, 0.05) is 11.6 Å². The van der Waals surface area contributed by atoms with Gasteiger partial charge >= 0.3 is 0 Å². The molecule has 2 N–H and O–H groups in total. The summed E-state index contributed by atoms with van der Waals surface area (Å²) in [4.78, 5) is 8.58. The topological polar surface area (TPSA) is 118 Å². The van der Waals surface area contributed by atoms with E-state index in [9.17, 15) is 10.4 Å². The number of aromatic hydroxyl groups is 1. The lowest BCUT2D eigenvalue weighted by atomic mass is 9.77. The van der Waals surface area contributed by atoms with Gasteiger partial charge in [-0.3, -0.25) is 0 Å². The van der Waals surface area contributed by atoms with E-state index < -0.39 is 5.41 Å². The first-order chi connectivity index (χ1) is 16.9. The van der Waals surface area contributed by atoms with Crippen LogP contribution >= 0.6 is 11.8 Å². The van der Waals surface area contributed by atoms with Gasteiger partial charge < -0.3 is 24.4 Å². The molecule has 0 amide bonds. The average Bonchev–Trinajstić information content (AvgIpc) is 2.88. The van der Waals surface area contributed by atoms with E-state index >= 15 is 0 Å². The average molecular weight is 496 g/mol. The third-order valence-electron chi connectivity index (χ3n) is 5.46. The first-order valence-electron chi connectivity index (χ1n) is 11.1. The van der Waals surface area contributed by atoms with E-state index in [4.69, 9.17) is 19.3 Å². The number of phenols is 1. The number of nitrogens with zero attached hydrogens (tertiary/aromatic N) is 3. The van der Waals surface area contributed by atoms with E-state index in [2.05, 4.69) is 16.0 Å². The highest BCUT2D eigenvalue weighted by Gasteiger charge is 2.26. The highest BCUT2D eigenvalue weighted by Crippen LogP contribution is 2.39. The Morgan fingerprint density at radius 3 is 2.49 bits per heavy atom. The van der Waals surface area contributed by atoms with E-state index in [0.29, 0.717) is 17.5 Å². The van der Waals surface area contributed by atoms with Gasteiger partial charge in [0.15, 0.2) is 16.7 Å². The molecule has 3 aromatic rings. The van der Waals surface area contributed by atoms with Crippen LogP contribution in [0.4, 0.5) is 0 Å². The maximum Gasteiger partial charge on any atom is 0.187 e. The fourth-order valence-electron chi connectivity index (χ4n) is 3.42. The Hall–Kier alpha value is -3.32. The van der Waals surface area contributed by atoms with Crippen molar-refractivity contribution < 1.29 is 24.4 Å². The molecule has 0 saturated carbocycles. The van der Waals surface area contributed by atoms with Crippen molar-refractivity contribution in [3.63, 3.8) is 0 Å². The Morgan fingerprint density at radius 2 is 1.80 bits per heavy atom. The second kappa shape index (κ2) is 12.4. The van der Waals surface area contributed by atoms with Crippen LogP contribution in [0.2, 0.25) is 0 Å². The van der Waals surface area contributed by atoms with Crippen molar-refractivity contribution in [2.24, 2.45) is 0 Å². The molecule has 35 heavy (non-hydrogen) atoms. The first kappa shape index (κ1) is 26.3. The smallest absolute Gasteiger partial charge is 0.187 e. The Kier molecular flexibility index (Phi) is 9.32. The summed E-state index contributed by atoms with van der Waals surface area (Å²) in [6.07, 6.45) is 3.64. The van der Waals surface area contributed by atoms with Crippen molar-refractivity contribution in [2.45, 2.75) is 31.0 Å². The summed E-state index contributed by atoms with van der Waals surface area (Å²) < 4.78 is 16.6. The molecule has 0 saturated heterocycles. The highest BCUT2D eigenvalue weighted by atomic mass is 32.2. The van der Waals surface area contributed by atoms with Gasteiger partial charge in [0.1, 0.15) is 25.0 Å². The van der Waals surface area contributed by atoms with Crippen molar-refractivity contribution >= 4 is 11.8 Å². The predicted octanol–water partition coefficient (Wildman–Crippen LogP) is 4.07. The van der Waals surface area contributed by atoms with Gasteiger partial charge in [-0.15, -0.1) is 0 Å². The predicted molar refractivity (Wildman–Crippen MR) is 133 cm³/mol. The number of phenolic OH excluding ortho intramolecular Hbond substituents is 1. The summed E-state index contributed by atoms with van der Waals surface area (Å²) in [7, 11) is 0. The van der Waals surface area contributed by atoms with Crippen LogP contribution in [0.15, 0.2) is 53.8 Å². The molecule has 1 heterocycles. The molecule has 0 bridgehead atoms. The molecule has 0 spiro atoms. The van der Waals surface area contributed by atoms with Gasteiger partial charge in [-0.1, -0.05) is 37.7 Å². The maximum absolute atomic E-state index is 10.6. The third kappa shape index (κ3) is 6.85. The Labute approximate surface area is 209 Å². The Morgan fingerprint density at radius 1 is 1.03 bits per heavy atom. The quantitative estimate of drug-likeness (QED) is 0.218. The molecular weight excluding hydrogens is 466 g/mol. The lowest BCUT2D eigenvalue weighted by molar-refractivity contribution is 0.0698. The first-order valence-corrected chi connectivity index (χ1v) is 12.3. The molecule has 184 valence electrons. The van der Waals surface area contributed by atoms with Crippen LogP contribution in [0.3, 0.4) is 0 Å². The molecule has 0 fully saturated rings. The minimum atomic E-state index is -0.496. The number of thioether (sulfide) groups is 1. The number of hydrogen-bond acceptors (Lipinski definition) is 9. The number of benzene rings is 2. The van der Waals surface area contributed by atoms with Gasteiger partial charge in [0.2, 0.25) is 0 Å². The van der Waals surface area contributed by atoms with Crippen LogP contribution < -0.4 is 9.47 Å². The molecule has 1 aromatic heterocycles. The van der Waals surface area contributed by atoms with Gasteiger partial charge in [-0.05, 0) is 47.7 Å². The van der Waals surface area contributed by atoms with Gasteiger partial charge in [0.25, 0.3) is 0 Å². The minimum Gasteiger partial charge on any atom is -0.504 e. The molecule has 0 radical (unpaired) electrons. The molecule has 0 unspecified atom stereocenters. The van der Waals surface area contributed by atoms with Crippen LogP contribution in [0.5, 0.6) is 17.2 Å². The van der Waals surface area contributed by atoms with E-state index in [1.165, 1.54) is 11.8 Å². The molecular formula is C26H29N3O5S. The standard InChI is InChI=1S/C26H29N3O5S/c1-26(2,20-14-18(16-27)24(23(31)15-20)33-13-12-32-11-10-30)19-4-6-22(7-5-19)34-17-21-8-9-28-25(29-21)35-3/h4-9,14-15,30-31H,10-13,17H2,1-3H3. The van der Waals surface area contributed by atoms with E-state index in [-0.39, 0.29) is 43.5 Å². The molecule has 0 aliphatic rings. The zero-order chi connectivity index (χ0) is 25.3. The maximum atomic E-state index is 10.6. The van der Waals surface area contributed by atoms with Gasteiger partial charge in [-0.2, -0.15) is 5.26 Å². The second-order valence-corrected chi connectivity index (χ2v) is 8.91. The van der Waals surface area contributed by atoms with Crippen LogP contribution in [0, 0.1) is 11.3 Å². The number of hydrogen-bond donors (Lipinski definition) is 2. The molecule has 2 aromatic carbocycles. The Balaban J connectivity index is 1.72. The summed E-state index contributed by atoms with van der Waals surface area (Å²) in [5.41, 5.74) is 2.31. The SMILES string of the molecule is CSc1nccc(COc2ccc(C(C)(C)c3cc(O)c(OCCOCCO)c(C#N)c3)cc2)n1. The van der Waals surface area contributed by atoms with E-state index in [1.807, 2.05) is 50.4 Å². The van der Waals surface area contributed by atoms with E-state index in [0.717, 1.165) is 16.8 Å². The molecule has 0 aliphatic carbocycles. The van der Waals surface area contributed by atoms with Crippen molar-refractivity contribution in [2.75, 3.05) is 32.7 Å². The van der Waals surface area contributed by atoms with Crippen LogP contribution in [-0.4, -0.2) is 52.9 Å². The summed E-state index contributed by atoms with van der Waals surface area (Å²) in [5.74, 6) is 0.725. The normalized spacial score (nSPS) is 11.2. The van der Waals surface area contributed by atoms with Crippen molar-refractivity contribution in [3.8, 4) is 23.3 Å². The minimum absolute atomic E-state index is 0.0768. The van der Waals surface area contributed by atoms with Crippen molar-refractivity contribution in [3.05, 3.63) is 71.0 Å². The van der Waals surface area contributed by atoms with Crippen LogP contribution in [0.25, 0.3) is 0 Å². The molecule has 3 rings (SSSR count). The number of rotatable bonds is 12. The van der Waals surface area contributed by atoms with Crippen LogP contribution in [-0.2, 0) is 16.8 Å². The van der Waals surface area contributed by atoms with Crippen LogP contribution in [0.1, 0.15) is 36.2 Å². The van der Waals surface area contributed by atoms with Crippen molar-refractivity contribution in [1.82, 2.24) is 9.97 Å². The lowest BCUT2D eigenvalue weighted by Gasteiger charge is -2.27. The molecule has 8 nitrogen and oxygen atoms in total. The highest BCUT2D eigenvalue weighted by molar-refractivity contribution is 7.98. The molecule has 9 heteroatoms. The summed E-state index contributed by atoms with van der Waals surface area (Å²) in [6.45, 7) is 4.90. The third-order valence-corrected chi connectivity index (χ3v) is 6.02. The number of aliphatic hydroxyl groups excluding tert-OH is 1. The van der Waals surface area contributed by atoms with Crippen molar-refractivity contribution in [1.29, 1.82) is 5.26 Å². The largest absolute Gasteiger partial charge is 0.504 e. The fourth-order valence-corrected chi connectivity index (χ4v) is 3.80. The fraction of sp³-hybridized carbons (Fsp3) is 0.346. The molecule has 0 aliphatic heterocycles. The number of nitriles is 1. The van der Waals surface area contributed by atoms with Gasteiger partial charge in [-0.25, -0.2) is 9.97 Å². The second-order valence-electron chi connectivity index (χ2n) is 8.14. The monoisotopic (exact) mass is 495 g/mol. The zero-order valence-corrected chi connectivity index (χ0v) is 20.8. The number of aliphatic hydroxyl groups is 1. The van der Waals surface area contributed by atoms with Gasteiger partial charge in [0.05, 0.1) is 31.1 Å². The summed E-state index contributed by atoms with van der Waals surface area (Å²) in [5, 5.41) is 29.7. The Bertz CT molecular complexity index is 1160. The summed E-state index contributed by atoms with van der Waals surface area (Å²) >= 11 is 1.48.